The minimum absolute atomic E-state index is 0.0213. The molecular formula is C12H20O6. The maximum atomic E-state index is 11.6. The maximum absolute atomic E-state index is 11.6. The van der Waals surface area contributed by atoms with Crippen molar-refractivity contribution in [3.63, 3.8) is 0 Å². The fraction of sp³-hybridized carbons (Fsp3) is 0.833. The van der Waals surface area contributed by atoms with E-state index in [0.29, 0.717) is 13.0 Å². The van der Waals surface area contributed by atoms with Gasteiger partial charge in [0.25, 0.3) is 0 Å². The van der Waals surface area contributed by atoms with E-state index in [2.05, 4.69) is 0 Å². The van der Waals surface area contributed by atoms with Crippen molar-refractivity contribution in [3.8, 4) is 0 Å². The summed E-state index contributed by atoms with van der Waals surface area (Å²) in [5.74, 6) is -1.98. The minimum atomic E-state index is -0.559. The molecule has 0 aromatic carbocycles. The fourth-order valence-corrected chi connectivity index (χ4v) is 1.25. The monoisotopic (exact) mass is 260 g/mol. The van der Waals surface area contributed by atoms with Crippen LogP contribution >= 0.6 is 0 Å². The summed E-state index contributed by atoms with van der Waals surface area (Å²) in [5.41, 5.74) is 0. The van der Waals surface area contributed by atoms with Gasteiger partial charge in [0.05, 0.1) is 25.0 Å². The average molecular weight is 260 g/mol. The Kier molecular flexibility index (Phi) is 6.07. The molecule has 18 heavy (non-hydrogen) atoms. The predicted molar refractivity (Wildman–Crippen MR) is 61.7 cm³/mol. The summed E-state index contributed by atoms with van der Waals surface area (Å²) in [4.78, 5) is 23.2. The van der Waals surface area contributed by atoms with E-state index in [-0.39, 0.29) is 25.9 Å². The summed E-state index contributed by atoms with van der Waals surface area (Å²) in [7, 11) is 0. The zero-order chi connectivity index (χ0) is 13.5. The highest BCUT2D eigenvalue weighted by Crippen LogP contribution is 2.16. The van der Waals surface area contributed by atoms with Crippen molar-refractivity contribution >= 4 is 11.9 Å². The minimum Gasteiger partial charge on any atom is -0.465 e. The van der Waals surface area contributed by atoms with E-state index < -0.39 is 23.8 Å². The summed E-state index contributed by atoms with van der Waals surface area (Å²) < 4.78 is 14.9. The van der Waals surface area contributed by atoms with Crippen LogP contribution in [0, 0.1) is 11.8 Å². The first-order valence-electron chi connectivity index (χ1n) is 6.12. The van der Waals surface area contributed by atoms with E-state index in [1.807, 2.05) is 0 Å². The quantitative estimate of drug-likeness (QED) is 0.379. The highest BCUT2D eigenvalue weighted by atomic mass is 16.6. The SMILES string of the molecule is CC(C(=O)OCCCO)C(C)C(=O)OCC1CO1. The normalized spacial score (nSPS) is 20.9. The number of hydrogen-bond donors (Lipinski definition) is 1. The summed E-state index contributed by atoms with van der Waals surface area (Å²) in [6, 6.07) is 0. The van der Waals surface area contributed by atoms with Gasteiger partial charge in [-0.2, -0.15) is 0 Å². The zero-order valence-electron chi connectivity index (χ0n) is 10.8. The van der Waals surface area contributed by atoms with Gasteiger partial charge in [-0.3, -0.25) is 9.59 Å². The second kappa shape index (κ2) is 7.33. The topological polar surface area (TPSA) is 85.4 Å². The Morgan fingerprint density at radius 2 is 1.83 bits per heavy atom. The highest BCUT2D eigenvalue weighted by molar-refractivity contribution is 5.81. The summed E-state index contributed by atoms with van der Waals surface area (Å²) >= 11 is 0. The molecule has 1 rings (SSSR count). The summed E-state index contributed by atoms with van der Waals surface area (Å²) in [6.07, 6.45) is 0.420. The lowest BCUT2D eigenvalue weighted by atomic mass is 9.96. The molecule has 0 aromatic rings. The molecule has 0 aliphatic carbocycles. The van der Waals surface area contributed by atoms with Crippen LogP contribution in [0.3, 0.4) is 0 Å². The number of carbonyl (C=O) groups is 2. The zero-order valence-corrected chi connectivity index (χ0v) is 10.8. The molecule has 3 unspecified atom stereocenters. The van der Waals surface area contributed by atoms with Crippen LogP contribution in [0.4, 0.5) is 0 Å². The first-order chi connectivity index (χ1) is 8.56. The van der Waals surface area contributed by atoms with Crippen LogP contribution < -0.4 is 0 Å². The Hall–Kier alpha value is -1.14. The van der Waals surface area contributed by atoms with Gasteiger partial charge in [0, 0.05) is 13.0 Å². The van der Waals surface area contributed by atoms with Crippen molar-refractivity contribution in [2.75, 3.05) is 26.4 Å². The van der Waals surface area contributed by atoms with Gasteiger partial charge in [-0.1, -0.05) is 13.8 Å². The van der Waals surface area contributed by atoms with Gasteiger partial charge in [-0.05, 0) is 0 Å². The van der Waals surface area contributed by atoms with Gasteiger partial charge < -0.3 is 19.3 Å². The van der Waals surface area contributed by atoms with E-state index in [9.17, 15) is 9.59 Å². The molecule has 0 radical (unpaired) electrons. The third kappa shape index (κ3) is 5.01. The summed E-state index contributed by atoms with van der Waals surface area (Å²) in [6.45, 7) is 4.27. The third-order valence-electron chi connectivity index (χ3n) is 2.85. The van der Waals surface area contributed by atoms with E-state index in [4.69, 9.17) is 19.3 Å². The summed E-state index contributed by atoms with van der Waals surface area (Å²) in [5, 5.41) is 8.57. The van der Waals surface area contributed by atoms with Gasteiger partial charge in [0.2, 0.25) is 0 Å². The molecule has 1 N–H and O–H groups in total. The first kappa shape index (κ1) is 14.9. The van der Waals surface area contributed by atoms with Crippen molar-refractivity contribution < 1.29 is 28.9 Å². The molecule has 1 heterocycles. The van der Waals surface area contributed by atoms with Crippen LogP contribution in [0.2, 0.25) is 0 Å². The molecule has 0 amide bonds. The van der Waals surface area contributed by atoms with Gasteiger partial charge in [0.15, 0.2) is 0 Å². The Balaban J connectivity index is 2.26. The Morgan fingerprint density at radius 3 is 2.33 bits per heavy atom. The van der Waals surface area contributed by atoms with Crippen LogP contribution in [-0.4, -0.2) is 49.6 Å². The molecule has 1 fully saturated rings. The van der Waals surface area contributed by atoms with Gasteiger partial charge in [-0.25, -0.2) is 0 Å². The van der Waals surface area contributed by atoms with Crippen LogP contribution in [0.15, 0.2) is 0 Å². The van der Waals surface area contributed by atoms with Crippen molar-refractivity contribution in [1.29, 1.82) is 0 Å². The second-order valence-corrected chi connectivity index (χ2v) is 4.41. The number of hydrogen-bond acceptors (Lipinski definition) is 6. The average Bonchev–Trinajstić information content (AvgIpc) is 3.18. The second-order valence-electron chi connectivity index (χ2n) is 4.41. The van der Waals surface area contributed by atoms with Gasteiger partial charge in [-0.15, -0.1) is 0 Å². The maximum Gasteiger partial charge on any atom is 0.309 e. The molecule has 6 heteroatoms. The molecule has 6 nitrogen and oxygen atoms in total. The number of aliphatic hydroxyl groups excluding tert-OH is 1. The molecular weight excluding hydrogens is 240 g/mol. The molecule has 3 atom stereocenters. The van der Waals surface area contributed by atoms with Crippen LogP contribution in [-0.2, 0) is 23.8 Å². The Labute approximate surface area is 106 Å². The smallest absolute Gasteiger partial charge is 0.309 e. The van der Waals surface area contributed by atoms with Crippen LogP contribution in [0.25, 0.3) is 0 Å². The number of epoxide rings is 1. The largest absolute Gasteiger partial charge is 0.465 e. The predicted octanol–water partition coefficient (Wildman–Crippen LogP) is 0.126. The lowest BCUT2D eigenvalue weighted by Gasteiger charge is -2.17. The number of ether oxygens (including phenoxy) is 3. The van der Waals surface area contributed by atoms with Crippen LogP contribution in [0.5, 0.6) is 0 Å². The Morgan fingerprint density at radius 1 is 1.28 bits per heavy atom. The molecule has 0 aromatic heterocycles. The molecule has 104 valence electrons. The standard InChI is InChI=1S/C12H20O6/c1-8(11(14)16-5-3-4-13)9(2)12(15)18-7-10-6-17-10/h8-10,13H,3-7H2,1-2H3. The fourth-order valence-electron chi connectivity index (χ4n) is 1.25. The number of aliphatic hydroxyl groups is 1. The Bertz CT molecular complexity index is 286. The van der Waals surface area contributed by atoms with Crippen molar-refractivity contribution in [2.24, 2.45) is 11.8 Å². The van der Waals surface area contributed by atoms with Crippen molar-refractivity contribution in [1.82, 2.24) is 0 Å². The molecule has 0 bridgehead atoms. The third-order valence-corrected chi connectivity index (χ3v) is 2.85. The number of carbonyl (C=O) groups excluding carboxylic acids is 2. The number of esters is 2. The van der Waals surface area contributed by atoms with Crippen molar-refractivity contribution in [3.05, 3.63) is 0 Å². The van der Waals surface area contributed by atoms with E-state index >= 15 is 0 Å². The lowest BCUT2D eigenvalue weighted by molar-refractivity contribution is -0.159. The van der Waals surface area contributed by atoms with Crippen molar-refractivity contribution in [2.45, 2.75) is 26.4 Å². The van der Waals surface area contributed by atoms with Crippen LogP contribution in [0.1, 0.15) is 20.3 Å². The van der Waals surface area contributed by atoms with Gasteiger partial charge in [0.1, 0.15) is 12.7 Å². The number of rotatable bonds is 8. The van der Waals surface area contributed by atoms with E-state index in [1.165, 1.54) is 0 Å². The lowest BCUT2D eigenvalue weighted by Crippen LogP contribution is -2.29. The first-order valence-corrected chi connectivity index (χ1v) is 6.12. The van der Waals surface area contributed by atoms with E-state index in [1.54, 1.807) is 13.8 Å². The van der Waals surface area contributed by atoms with E-state index in [0.717, 1.165) is 0 Å². The molecule has 1 aliphatic rings. The molecule has 1 aliphatic heterocycles. The molecule has 0 spiro atoms. The van der Waals surface area contributed by atoms with Gasteiger partial charge >= 0.3 is 11.9 Å². The molecule has 1 saturated heterocycles. The molecule has 0 saturated carbocycles. The highest BCUT2D eigenvalue weighted by Gasteiger charge is 2.31.